The van der Waals surface area contributed by atoms with E-state index in [1.807, 2.05) is 24.3 Å². The molecule has 0 unspecified atom stereocenters. The zero-order valence-corrected chi connectivity index (χ0v) is 11.1. The summed E-state index contributed by atoms with van der Waals surface area (Å²) in [5.41, 5.74) is 1.65. The Balaban J connectivity index is 1.64. The second kappa shape index (κ2) is 5.83. The van der Waals surface area contributed by atoms with E-state index in [4.69, 9.17) is 0 Å². The van der Waals surface area contributed by atoms with E-state index in [1.54, 1.807) is 12.4 Å². The van der Waals surface area contributed by atoms with Gasteiger partial charge in [0.1, 0.15) is 0 Å². The molecular weight excluding hydrogens is 254 g/mol. The first-order valence-corrected chi connectivity index (χ1v) is 6.84. The van der Waals surface area contributed by atoms with Crippen LogP contribution in [0.25, 0.3) is 5.69 Å². The minimum absolute atomic E-state index is 0.0367. The van der Waals surface area contributed by atoms with E-state index in [9.17, 15) is 4.79 Å². The molecule has 20 heavy (non-hydrogen) atoms. The third-order valence-electron chi connectivity index (χ3n) is 3.41. The number of benzene rings is 1. The van der Waals surface area contributed by atoms with Crippen LogP contribution in [0.4, 0.5) is 5.69 Å². The van der Waals surface area contributed by atoms with E-state index >= 15 is 0 Å². The molecule has 6 nitrogen and oxygen atoms in total. The Kier molecular flexibility index (Phi) is 3.73. The summed E-state index contributed by atoms with van der Waals surface area (Å²) in [6.07, 6.45) is 6.42. The van der Waals surface area contributed by atoms with Crippen molar-refractivity contribution < 1.29 is 4.79 Å². The molecule has 104 valence electrons. The third kappa shape index (κ3) is 2.85. The molecule has 2 aromatic rings. The predicted octanol–water partition coefficient (Wildman–Crippen LogP) is 1.35. The van der Waals surface area contributed by atoms with Gasteiger partial charge in [-0.2, -0.15) is 15.0 Å². The number of nitrogens with one attached hydrogen (secondary N) is 2. The molecule has 0 radical (unpaired) electrons. The number of hydrogen-bond donors (Lipinski definition) is 2. The Labute approximate surface area is 117 Å². The van der Waals surface area contributed by atoms with Gasteiger partial charge in [-0.1, -0.05) is 6.42 Å². The second-order valence-electron chi connectivity index (χ2n) is 4.86. The van der Waals surface area contributed by atoms with Crippen molar-refractivity contribution in [2.75, 3.05) is 11.9 Å². The normalized spacial score (nSPS) is 18.7. The number of aromatic nitrogens is 3. The second-order valence-corrected chi connectivity index (χ2v) is 4.86. The molecule has 1 saturated heterocycles. The fraction of sp³-hybridized carbons (Fsp3) is 0.357. The number of carbonyl (C=O) groups excluding carboxylic acids is 1. The van der Waals surface area contributed by atoms with Crippen LogP contribution in [0.15, 0.2) is 36.7 Å². The van der Waals surface area contributed by atoms with Crippen LogP contribution >= 0.6 is 0 Å². The molecule has 1 atom stereocenters. The molecule has 1 amide bonds. The lowest BCUT2D eigenvalue weighted by molar-refractivity contribution is -0.118. The van der Waals surface area contributed by atoms with Gasteiger partial charge in [0.15, 0.2) is 0 Å². The van der Waals surface area contributed by atoms with Crippen molar-refractivity contribution in [1.29, 1.82) is 0 Å². The fourth-order valence-corrected chi connectivity index (χ4v) is 2.33. The highest BCUT2D eigenvalue weighted by Crippen LogP contribution is 2.14. The summed E-state index contributed by atoms with van der Waals surface area (Å²) in [4.78, 5) is 13.6. The van der Waals surface area contributed by atoms with Gasteiger partial charge >= 0.3 is 0 Å². The van der Waals surface area contributed by atoms with Crippen molar-refractivity contribution in [3.05, 3.63) is 36.7 Å². The van der Waals surface area contributed by atoms with E-state index in [-0.39, 0.29) is 11.9 Å². The Hall–Kier alpha value is -2.21. The van der Waals surface area contributed by atoms with Gasteiger partial charge in [-0.25, -0.2) is 0 Å². The quantitative estimate of drug-likeness (QED) is 0.884. The van der Waals surface area contributed by atoms with Crippen LogP contribution in [-0.4, -0.2) is 33.5 Å². The maximum absolute atomic E-state index is 12.1. The maximum atomic E-state index is 12.1. The van der Waals surface area contributed by atoms with Gasteiger partial charge in [-0.3, -0.25) is 4.79 Å². The Morgan fingerprint density at radius 1 is 1.20 bits per heavy atom. The summed E-state index contributed by atoms with van der Waals surface area (Å²) < 4.78 is 0. The van der Waals surface area contributed by atoms with Gasteiger partial charge in [0, 0.05) is 5.69 Å². The van der Waals surface area contributed by atoms with Crippen molar-refractivity contribution in [3.63, 3.8) is 0 Å². The number of rotatable bonds is 3. The molecule has 2 heterocycles. The number of carbonyl (C=O) groups is 1. The maximum Gasteiger partial charge on any atom is 0.241 e. The molecule has 1 aromatic carbocycles. The highest BCUT2D eigenvalue weighted by Gasteiger charge is 2.20. The predicted molar refractivity (Wildman–Crippen MR) is 75.6 cm³/mol. The van der Waals surface area contributed by atoms with E-state index < -0.39 is 0 Å². The van der Waals surface area contributed by atoms with Gasteiger partial charge in [0.2, 0.25) is 5.91 Å². The Morgan fingerprint density at radius 2 is 1.95 bits per heavy atom. The number of anilines is 1. The topological polar surface area (TPSA) is 71.8 Å². The van der Waals surface area contributed by atoms with Crippen LogP contribution in [0.5, 0.6) is 0 Å². The van der Waals surface area contributed by atoms with Gasteiger partial charge < -0.3 is 10.6 Å². The average Bonchev–Trinajstić information content (AvgIpc) is 3.03. The van der Waals surface area contributed by atoms with E-state index in [0.717, 1.165) is 37.2 Å². The van der Waals surface area contributed by atoms with Crippen molar-refractivity contribution in [3.8, 4) is 5.69 Å². The lowest BCUT2D eigenvalue weighted by Gasteiger charge is -2.22. The van der Waals surface area contributed by atoms with Gasteiger partial charge in [0.05, 0.1) is 24.1 Å². The number of hydrogen-bond acceptors (Lipinski definition) is 4. The van der Waals surface area contributed by atoms with Crippen LogP contribution in [0.1, 0.15) is 19.3 Å². The molecular formula is C14H17N5O. The van der Waals surface area contributed by atoms with Crippen molar-refractivity contribution in [2.45, 2.75) is 25.3 Å². The molecule has 0 aliphatic carbocycles. The number of piperidine rings is 1. The zero-order valence-electron chi connectivity index (χ0n) is 11.1. The van der Waals surface area contributed by atoms with Gasteiger partial charge in [-0.15, -0.1) is 0 Å². The molecule has 0 spiro atoms. The summed E-state index contributed by atoms with van der Waals surface area (Å²) in [6, 6.07) is 7.41. The Morgan fingerprint density at radius 3 is 2.60 bits per heavy atom. The van der Waals surface area contributed by atoms with E-state index in [1.165, 1.54) is 4.80 Å². The first kappa shape index (κ1) is 12.8. The fourth-order valence-electron chi connectivity index (χ4n) is 2.33. The number of nitrogens with zero attached hydrogens (tertiary/aromatic N) is 3. The molecule has 1 aromatic heterocycles. The smallest absolute Gasteiger partial charge is 0.241 e. The molecule has 0 saturated carbocycles. The van der Waals surface area contributed by atoms with E-state index in [0.29, 0.717) is 0 Å². The highest BCUT2D eigenvalue weighted by atomic mass is 16.2. The van der Waals surface area contributed by atoms with Gasteiger partial charge in [0.25, 0.3) is 0 Å². The molecule has 1 aliphatic rings. The van der Waals surface area contributed by atoms with Crippen LogP contribution in [-0.2, 0) is 4.79 Å². The zero-order chi connectivity index (χ0) is 13.8. The minimum atomic E-state index is -0.0730. The molecule has 6 heteroatoms. The molecule has 1 aliphatic heterocycles. The van der Waals surface area contributed by atoms with Crippen molar-refractivity contribution >= 4 is 11.6 Å². The third-order valence-corrected chi connectivity index (χ3v) is 3.41. The van der Waals surface area contributed by atoms with Crippen LogP contribution in [0.3, 0.4) is 0 Å². The van der Waals surface area contributed by atoms with Crippen LogP contribution in [0.2, 0.25) is 0 Å². The lowest BCUT2D eigenvalue weighted by atomic mass is 10.0. The summed E-state index contributed by atoms with van der Waals surface area (Å²) in [5.74, 6) is 0.0367. The summed E-state index contributed by atoms with van der Waals surface area (Å²) >= 11 is 0. The molecule has 2 N–H and O–H groups in total. The first-order chi connectivity index (χ1) is 9.83. The number of amides is 1. The Bertz CT molecular complexity index is 558. The SMILES string of the molecule is O=C(Nc1ccc(-n2nccn2)cc1)[C@H]1CCCCN1. The van der Waals surface area contributed by atoms with Gasteiger partial charge in [-0.05, 0) is 43.7 Å². The standard InChI is InChI=1S/C14H17N5O/c20-14(13-3-1-2-8-15-13)18-11-4-6-12(7-5-11)19-16-9-10-17-19/h4-7,9-10,13,15H,1-3,8H2,(H,18,20)/t13-/m1/s1. The monoisotopic (exact) mass is 271 g/mol. The summed E-state index contributed by atoms with van der Waals surface area (Å²) in [6.45, 7) is 0.919. The van der Waals surface area contributed by atoms with Crippen LogP contribution in [0, 0.1) is 0 Å². The average molecular weight is 271 g/mol. The molecule has 0 bridgehead atoms. The minimum Gasteiger partial charge on any atom is -0.325 e. The summed E-state index contributed by atoms with van der Waals surface area (Å²) in [5, 5.41) is 14.3. The lowest BCUT2D eigenvalue weighted by Crippen LogP contribution is -2.43. The van der Waals surface area contributed by atoms with Crippen LogP contribution < -0.4 is 10.6 Å². The van der Waals surface area contributed by atoms with Crippen molar-refractivity contribution in [2.24, 2.45) is 0 Å². The largest absolute Gasteiger partial charge is 0.325 e. The summed E-state index contributed by atoms with van der Waals surface area (Å²) in [7, 11) is 0. The molecule has 1 fully saturated rings. The van der Waals surface area contributed by atoms with Crippen molar-refractivity contribution in [1.82, 2.24) is 20.3 Å². The highest BCUT2D eigenvalue weighted by molar-refractivity contribution is 5.94. The van der Waals surface area contributed by atoms with E-state index in [2.05, 4.69) is 20.8 Å². The first-order valence-electron chi connectivity index (χ1n) is 6.84. The molecule has 3 rings (SSSR count).